The van der Waals surface area contributed by atoms with Gasteiger partial charge in [0, 0.05) is 33.9 Å². The molecule has 9 heteroatoms. The highest BCUT2D eigenvalue weighted by Crippen LogP contribution is 2.21. The number of rotatable bonds is 4. The third-order valence-corrected chi connectivity index (χ3v) is 5.68. The van der Waals surface area contributed by atoms with Crippen molar-refractivity contribution in [3.05, 3.63) is 50.2 Å². The van der Waals surface area contributed by atoms with Crippen LogP contribution in [0.25, 0.3) is 0 Å². The molecule has 0 unspecified atom stereocenters. The molecule has 1 fully saturated rings. The number of aromatic nitrogens is 1. The van der Waals surface area contributed by atoms with Crippen LogP contribution in [0.3, 0.4) is 0 Å². The molecule has 3 rings (SSSR count). The minimum absolute atomic E-state index is 0.0193. The van der Waals surface area contributed by atoms with Crippen LogP contribution in [0.15, 0.2) is 34.8 Å². The lowest BCUT2D eigenvalue weighted by molar-refractivity contribution is -0.118. The first kappa shape index (κ1) is 17.5. The van der Waals surface area contributed by atoms with Crippen LogP contribution in [0.1, 0.15) is 5.56 Å². The average Bonchev–Trinajstić information content (AvgIpc) is 3.12. The van der Waals surface area contributed by atoms with Crippen LogP contribution in [0.4, 0.5) is 4.79 Å². The van der Waals surface area contributed by atoms with E-state index >= 15 is 0 Å². The molecule has 2 amide bonds. The van der Waals surface area contributed by atoms with E-state index in [2.05, 4.69) is 4.99 Å². The van der Waals surface area contributed by atoms with Crippen molar-refractivity contribution in [3.8, 4) is 0 Å². The van der Waals surface area contributed by atoms with E-state index in [4.69, 9.17) is 23.2 Å². The fourth-order valence-corrected chi connectivity index (χ4v) is 4.25. The number of hydrogen-bond acceptors (Lipinski definition) is 4. The molecule has 1 aromatic heterocycles. The minimum atomic E-state index is -0.329. The van der Waals surface area contributed by atoms with Gasteiger partial charge in [0.15, 0.2) is 4.80 Å². The first-order valence-electron chi connectivity index (χ1n) is 7.10. The van der Waals surface area contributed by atoms with Gasteiger partial charge in [0.25, 0.3) is 11.1 Å². The second kappa shape index (κ2) is 7.74. The minimum Gasteiger partial charge on any atom is -0.323 e. The Kier molecular flexibility index (Phi) is 5.65. The molecule has 0 radical (unpaired) electrons. The molecule has 0 N–H and O–H groups in total. The fraction of sp³-hybridized carbons (Fsp3) is 0.267. The standard InChI is InChI=1S/C15H13Cl2N3O2S2/c16-11-2-1-10(12(17)7-11)8-19-3-5-23-14(19)18-13(21)9-20-4-6-24-15(20)22/h1-3,5,7H,4,6,8-9H2. The van der Waals surface area contributed by atoms with Crippen molar-refractivity contribution in [2.75, 3.05) is 18.8 Å². The highest BCUT2D eigenvalue weighted by atomic mass is 35.5. The topological polar surface area (TPSA) is 54.7 Å². The molecule has 0 atom stereocenters. The van der Waals surface area contributed by atoms with Crippen molar-refractivity contribution in [2.45, 2.75) is 6.54 Å². The van der Waals surface area contributed by atoms with Gasteiger partial charge in [-0.25, -0.2) is 0 Å². The van der Waals surface area contributed by atoms with E-state index < -0.39 is 0 Å². The molecule has 1 aliphatic rings. The summed E-state index contributed by atoms with van der Waals surface area (Å²) in [5, 5.41) is 2.93. The Morgan fingerprint density at radius 3 is 2.88 bits per heavy atom. The van der Waals surface area contributed by atoms with Crippen molar-refractivity contribution in [2.24, 2.45) is 4.99 Å². The molecular formula is C15H13Cl2N3O2S2. The Morgan fingerprint density at radius 2 is 2.17 bits per heavy atom. The van der Waals surface area contributed by atoms with Crippen molar-refractivity contribution in [1.82, 2.24) is 9.47 Å². The van der Waals surface area contributed by atoms with E-state index in [-0.39, 0.29) is 17.7 Å². The first-order chi connectivity index (χ1) is 11.5. The summed E-state index contributed by atoms with van der Waals surface area (Å²) in [6, 6.07) is 5.30. The number of benzene rings is 1. The number of nitrogens with zero attached hydrogens (tertiary/aromatic N) is 3. The van der Waals surface area contributed by atoms with Gasteiger partial charge in [0.1, 0.15) is 6.54 Å². The summed E-state index contributed by atoms with van der Waals surface area (Å²) in [4.78, 5) is 29.9. The third-order valence-electron chi connectivity index (χ3n) is 3.41. The second-order valence-electron chi connectivity index (χ2n) is 5.09. The molecule has 0 saturated carbocycles. The lowest BCUT2D eigenvalue weighted by Gasteiger charge is -2.10. The quantitative estimate of drug-likeness (QED) is 0.787. The van der Waals surface area contributed by atoms with E-state index in [9.17, 15) is 9.59 Å². The van der Waals surface area contributed by atoms with Crippen LogP contribution in [0.2, 0.25) is 10.0 Å². The summed E-state index contributed by atoms with van der Waals surface area (Å²) in [7, 11) is 0. The molecular weight excluding hydrogens is 389 g/mol. The van der Waals surface area contributed by atoms with Gasteiger partial charge in [0.2, 0.25) is 0 Å². The maximum atomic E-state index is 12.1. The number of halogens is 2. The lowest BCUT2D eigenvalue weighted by Crippen LogP contribution is -2.30. The van der Waals surface area contributed by atoms with E-state index in [1.807, 2.05) is 22.2 Å². The van der Waals surface area contributed by atoms with Gasteiger partial charge in [0.05, 0.1) is 6.54 Å². The second-order valence-corrected chi connectivity index (χ2v) is 7.85. The molecule has 1 saturated heterocycles. The summed E-state index contributed by atoms with van der Waals surface area (Å²) in [6.07, 6.45) is 1.85. The maximum absolute atomic E-state index is 12.1. The molecule has 0 bridgehead atoms. The van der Waals surface area contributed by atoms with Gasteiger partial charge in [-0.2, -0.15) is 4.99 Å². The summed E-state index contributed by atoms with van der Waals surface area (Å²) < 4.78 is 1.85. The smallest absolute Gasteiger partial charge is 0.282 e. The Labute approximate surface area is 156 Å². The Balaban J connectivity index is 1.76. The van der Waals surface area contributed by atoms with Gasteiger partial charge in [-0.15, -0.1) is 11.3 Å². The van der Waals surface area contributed by atoms with Crippen LogP contribution in [0.5, 0.6) is 0 Å². The van der Waals surface area contributed by atoms with E-state index in [1.54, 1.807) is 12.1 Å². The highest BCUT2D eigenvalue weighted by Gasteiger charge is 2.23. The molecule has 24 heavy (non-hydrogen) atoms. The van der Waals surface area contributed by atoms with Gasteiger partial charge >= 0.3 is 0 Å². The SMILES string of the molecule is O=C(CN1CCSC1=O)N=c1sccn1Cc1ccc(Cl)cc1Cl. The maximum Gasteiger partial charge on any atom is 0.282 e. The number of carbonyl (C=O) groups excluding carboxylic acids is 2. The van der Waals surface area contributed by atoms with Crippen molar-refractivity contribution >= 4 is 57.4 Å². The Bertz CT molecular complexity index is 847. The van der Waals surface area contributed by atoms with Crippen LogP contribution < -0.4 is 4.80 Å². The fourth-order valence-electron chi connectivity index (χ4n) is 2.22. The zero-order valence-electron chi connectivity index (χ0n) is 12.4. The summed E-state index contributed by atoms with van der Waals surface area (Å²) in [5.41, 5.74) is 0.888. The zero-order chi connectivity index (χ0) is 17.1. The normalized spacial score (nSPS) is 15.3. The molecule has 2 aromatic rings. The molecule has 2 heterocycles. The molecule has 0 aliphatic carbocycles. The first-order valence-corrected chi connectivity index (χ1v) is 9.72. The Hall–Kier alpha value is -1.28. The number of thioether (sulfide) groups is 1. The molecule has 1 aliphatic heterocycles. The highest BCUT2D eigenvalue weighted by molar-refractivity contribution is 8.13. The van der Waals surface area contributed by atoms with Crippen LogP contribution >= 0.6 is 46.3 Å². The molecule has 126 valence electrons. The van der Waals surface area contributed by atoms with Gasteiger partial charge < -0.3 is 9.47 Å². The largest absolute Gasteiger partial charge is 0.323 e. The third kappa shape index (κ3) is 4.22. The molecule has 1 aromatic carbocycles. The predicted molar refractivity (Wildman–Crippen MR) is 97.9 cm³/mol. The number of thiazole rings is 1. The van der Waals surface area contributed by atoms with E-state index in [0.717, 1.165) is 11.3 Å². The van der Waals surface area contributed by atoms with Crippen molar-refractivity contribution < 1.29 is 9.59 Å². The monoisotopic (exact) mass is 401 g/mol. The van der Waals surface area contributed by atoms with E-state index in [0.29, 0.717) is 27.9 Å². The van der Waals surface area contributed by atoms with Crippen LogP contribution in [0, 0.1) is 0 Å². The van der Waals surface area contributed by atoms with Crippen LogP contribution in [-0.2, 0) is 11.3 Å². The Morgan fingerprint density at radius 1 is 1.33 bits per heavy atom. The van der Waals surface area contributed by atoms with Crippen molar-refractivity contribution in [3.63, 3.8) is 0 Å². The van der Waals surface area contributed by atoms with Crippen LogP contribution in [-0.4, -0.2) is 39.5 Å². The lowest BCUT2D eigenvalue weighted by atomic mass is 10.2. The van der Waals surface area contributed by atoms with Crippen molar-refractivity contribution in [1.29, 1.82) is 0 Å². The summed E-state index contributed by atoms with van der Waals surface area (Å²) >= 11 is 14.7. The average molecular weight is 402 g/mol. The zero-order valence-corrected chi connectivity index (χ0v) is 15.6. The van der Waals surface area contributed by atoms with Gasteiger partial charge in [-0.05, 0) is 17.7 Å². The van der Waals surface area contributed by atoms with Gasteiger partial charge in [-0.3, -0.25) is 9.59 Å². The van der Waals surface area contributed by atoms with Gasteiger partial charge in [-0.1, -0.05) is 41.0 Å². The number of carbonyl (C=O) groups is 2. The number of hydrogen-bond donors (Lipinski definition) is 0. The van der Waals surface area contributed by atoms with E-state index in [1.165, 1.54) is 28.0 Å². The summed E-state index contributed by atoms with van der Waals surface area (Å²) in [5.74, 6) is 0.393. The number of amides is 2. The molecule has 0 spiro atoms. The predicted octanol–water partition coefficient (Wildman–Crippen LogP) is 3.50. The molecule has 5 nitrogen and oxygen atoms in total. The summed E-state index contributed by atoms with van der Waals surface area (Å²) in [6.45, 7) is 1.10.